The van der Waals surface area contributed by atoms with Crippen LogP contribution < -0.4 is 5.32 Å². The van der Waals surface area contributed by atoms with Gasteiger partial charge in [0.05, 0.1) is 13.2 Å². The van der Waals surface area contributed by atoms with Gasteiger partial charge in [-0.2, -0.15) is 0 Å². The van der Waals surface area contributed by atoms with E-state index in [1.807, 2.05) is 6.92 Å². The summed E-state index contributed by atoms with van der Waals surface area (Å²) in [6.45, 7) is 4.27. The molecule has 0 aliphatic carbocycles. The Kier molecular flexibility index (Phi) is 7.55. The van der Waals surface area contributed by atoms with E-state index in [-0.39, 0.29) is 6.04 Å². The third-order valence-electron chi connectivity index (χ3n) is 2.77. The summed E-state index contributed by atoms with van der Waals surface area (Å²) in [6, 6.07) is 3.27. The van der Waals surface area contributed by atoms with Crippen LogP contribution in [0.15, 0.2) is 18.2 Å². The summed E-state index contributed by atoms with van der Waals surface area (Å²) in [5.74, 6) is -0.814. The zero-order valence-corrected chi connectivity index (χ0v) is 11.4. The number of hydrogen-bond donors (Lipinski definition) is 1. The van der Waals surface area contributed by atoms with Gasteiger partial charge >= 0.3 is 0 Å². The number of methoxy groups -OCH3 is 1. The Labute approximate surface area is 112 Å². The molecule has 1 N–H and O–H groups in total. The largest absolute Gasteiger partial charge is 0.382 e. The summed E-state index contributed by atoms with van der Waals surface area (Å²) in [7, 11) is 1.63. The zero-order valence-electron chi connectivity index (χ0n) is 11.4. The Morgan fingerprint density at radius 2 is 2.00 bits per heavy atom. The standard InChI is InChI=1S/C14H21F2NO2/c1-11(13-10-12(15)4-5-14(13)16)17-6-3-7-19-9-8-18-2/h4-5,10-11,17H,3,6-9H2,1-2H3. The number of nitrogens with one attached hydrogen (secondary N) is 1. The molecule has 0 amide bonds. The maximum Gasteiger partial charge on any atom is 0.128 e. The van der Waals surface area contributed by atoms with Crippen LogP contribution in [0.1, 0.15) is 24.9 Å². The normalized spacial score (nSPS) is 12.6. The molecule has 0 radical (unpaired) electrons. The number of hydrogen-bond acceptors (Lipinski definition) is 3. The molecule has 1 aromatic rings. The third-order valence-corrected chi connectivity index (χ3v) is 2.77. The van der Waals surface area contributed by atoms with Gasteiger partial charge in [0, 0.05) is 25.3 Å². The van der Waals surface area contributed by atoms with Gasteiger partial charge in [-0.05, 0) is 38.1 Å². The molecular weight excluding hydrogens is 252 g/mol. The number of ether oxygens (including phenoxy) is 2. The first kappa shape index (κ1) is 16.0. The highest BCUT2D eigenvalue weighted by Crippen LogP contribution is 2.17. The van der Waals surface area contributed by atoms with E-state index in [9.17, 15) is 8.78 Å². The van der Waals surface area contributed by atoms with Gasteiger partial charge in [-0.1, -0.05) is 0 Å². The molecule has 5 heteroatoms. The fourth-order valence-electron chi connectivity index (χ4n) is 1.69. The van der Waals surface area contributed by atoms with Crippen molar-refractivity contribution in [3.63, 3.8) is 0 Å². The van der Waals surface area contributed by atoms with Crippen molar-refractivity contribution >= 4 is 0 Å². The molecule has 108 valence electrons. The van der Waals surface area contributed by atoms with Gasteiger partial charge in [0.2, 0.25) is 0 Å². The Morgan fingerprint density at radius 1 is 1.21 bits per heavy atom. The van der Waals surface area contributed by atoms with E-state index in [1.54, 1.807) is 7.11 Å². The molecule has 1 rings (SSSR count). The van der Waals surface area contributed by atoms with Crippen LogP contribution in [0.5, 0.6) is 0 Å². The molecule has 0 fully saturated rings. The van der Waals surface area contributed by atoms with Gasteiger partial charge < -0.3 is 14.8 Å². The summed E-state index contributed by atoms with van der Waals surface area (Å²) in [5.41, 5.74) is 0.348. The summed E-state index contributed by atoms with van der Waals surface area (Å²) < 4.78 is 36.7. The first-order chi connectivity index (χ1) is 9.15. The van der Waals surface area contributed by atoms with Crippen molar-refractivity contribution in [3.05, 3.63) is 35.4 Å². The summed E-state index contributed by atoms with van der Waals surface area (Å²) in [6.07, 6.45) is 0.811. The van der Waals surface area contributed by atoms with Crippen LogP contribution in [0.3, 0.4) is 0 Å². The molecule has 0 aliphatic heterocycles. The molecule has 3 nitrogen and oxygen atoms in total. The van der Waals surface area contributed by atoms with Gasteiger partial charge in [-0.15, -0.1) is 0 Å². The fourth-order valence-corrected chi connectivity index (χ4v) is 1.69. The molecule has 0 bridgehead atoms. The molecule has 1 atom stereocenters. The maximum absolute atomic E-state index is 13.5. The highest BCUT2D eigenvalue weighted by molar-refractivity contribution is 5.21. The topological polar surface area (TPSA) is 30.5 Å². The lowest BCUT2D eigenvalue weighted by Gasteiger charge is -2.15. The van der Waals surface area contributed by atoms with Crippen molar-refractivity contribution in [3.8, 4) is 0 Å². The summed E-state index contributed by atoms with van der Waals surface area (Å²) in [4.78, 5) is 0. The first-order valence-electron chi connectivity index (χ1n) is 6.40. The van der Waals surface area contributed by atoms with E-state index < -0.39 is 11.6 Å². The minimum atomic E-state index is -0.423. The van der Waals surface area contributed by atoms with Crippen LogP contribution in [-0.2, 0) is 9.47 Å². The van der Waals surface area contributed by atoms with E-state index >= 15 is 0 Å². The Bertz CT molecular complexity index is 374. The minimum Gasteiger partial charge on any atom is -0.382 e. The second-order valence-corrected chi connectivity index (χ2v) is 4.30. The van der Waals surface area contributed by atoms with Crippen LogP contribution >= 0.6 is 0 Å². The zero-order chi connectivity index (χ0) is 14.1. The first-order valence-corrected chi connectivity index (χ1v) is 6.40. The second kappa shape index (κ2) is 8.96. The number of halogens is 2. The molecule has 0 heterocycles. The van der Waals surface area contributed by atoms with Crippen LogP contribution in [0.2, 0.25) is 0 Å². The van der Waals surface area contributed by atoms with E-state index in [2.05, 4.69) is 5.32 Å². The van der Waals surface area contributed by atoms with Crippen molar-refractivity contribution in [2.24, 2.45) is 0 Å². The van der Waals surface area contributed by atoms with Crippen LogP contribution in [0.4, 0.5) is 8.78 Å². The lowest BCUT2D eigenvalue weighted by molar-refractivity contribution is 0.0693. The number of benzene rings is 1. The lowest BCUT2D eigenvalue weighted by Crippen LogP contribution is -2.22. The lowest BCUT2D eigenvalue weighted by atomic mass is 10.1. The molecule has 19 heavy (non-hydrogen) atoms. The summed E-state index contributed by atoms with van der Waals surface area (Å²) in [5, 5.41) is 3.14. The Hall–Kier alpha value is -1.04. The number of rotatable bonds is 9. The molecule has 0 spiro atoms. The van der Waals surface area contributed by atoms with Gasteiger partial charge in [0.25, 0.3) is 0 Å². The van der Waals surface area contributed by atoms with Crippen LogP contribution in [0.25, 0.3) is 0 Å². The minimum absolute atomic E-state index is 0.227. The van der Waals surface area contributed by atoms with Gasteiger partial charge in [0.1, 0.15) is 11.6 Å². The van der Waals surface area contributed by atoms with Crippen molar-refractivity contribution < 1.29 is 18.3 Å². The molecule has 0 saturated heterocycles. The average Bonchev–Trinajstić information content (AvgIpc) is 2.40. The predicted octanol–water partition coefficient (Wildman–Crippen LogP) is 2.67. The van der Waals surface area contributed by atoms with E-state index in [1.165, 1.54) is 6.07 Å². The van der Waals surface area contributed by atoms with Gasteiger partial charge in [-0.25, -0.2) is 8.78 Å². The molecule has 1 unspecified atom stereocenters. The SMILES string of the molecule is COCCOCCCNC(C)c1cc(F)ccc1F. The summed E-state index contributed by atoms with van der Waals surface area (Å²) >= 11 is 0. The third kappa shape index (κ3) is 6.09. The smallest absolute Gasteiger partial charge is 0.128 e. The fraction of sp³-hybridized carbons (Fsp3) is 0.571. The average molecular weight is 273 g/mol. The van der Waals surface area contributed by atoms with E-state index in [0.717, 1.165) is 18.6 Å². The van der Waals surface area contributed by atoms with Crippen molar-refractivity contribution in [2.75, 3.05) is 33.5 Å². The van der Waals surface area contributed by atoms with Gasteiger partial charge in [-0.3, -0.25) is 0 Å². The van der Waals surface area contributed by atoms with Crippen molar-refractivity contribution in [1.29, 1.82) is 0 Å². The predicted molar refractivity (Wildman–Crippen MR) is 70.1 cm³/mol. The van der Waals surface area contributed by atoms with E-state index in [4.69, 9.17) is 9.47 Å². The Morgan fingerprint density at radius 3 is 2.74 bits per heavy atom. The van der Waals surface area contributed by atoms with Gasteiger partial charge in [0.15, 0.2) is 0 Å². The molecule has 0 aliphatic rings. The highest BCUT2D eigenvalue weighted by Gasteiger charge is 2.10. The van der Waals surface area contributed by atoms with Crippen molar-refractivity contribution in [1.82, 2.24) is 5.32 Å². The second-order valence-electron chi connectivity index (χ2n) is 4.30. The molecule has 0 saturated carbocycles. The van der Waals surface area contributed by atoms with Crippen LogP contribution in [-0.4, -0.2) is 33.5 Å². The van der Waals surface area contributed by atoms with Crippen LogP contribution in [0, 0.1) is 11.6 Å². The molecule has 0 aromatic heterocycles. The van der Waals surface area contributed by atoms with Crippen molar-refractivity contribution in [2.45, 2.75) is 19.4 Å². The monoisotopic (exact) mass is 273 g/mol. The maximum atomic E-state index is 13.5. The molecule has 1 aromatic carbocycles. The molecular formula is C14H21F2NO2. The quantitative estimate of drug-likeness (QED) is 0.702. The highest BCUT2D eigenvalue weighted by atomic mass is 19.1. The Balaban J connectivity index is 2.23. The van der Waals surface area contributed by atoms with E-state index in [0.29, 0.717) is 31.9 Å².